The molecule has 0 aliphatic carbocycles. The molecular weight excluding hydrogens is 146 g/mol. The van der Waals surface area contributed by atoms with Crippen LogP contribution in [-0.2, 0) is 0 Å². The summed E-state index contributed by atoms with van der Waals surface area (Å²) in [5.41, 5.74) is 0.323. The van der Waals surface area contributed by atoms with Crippen molar-refractivity contribution in [3.8, 4) is 0 Å². The minimum atomic E-state index is 0.323. The summed E-state index contributed by atoms with van der Waals surface area (Å²) < 4.78 is 0. The fourth-order valence-electron chi connectivity index (χ4n) is 1.51. The molecule has 0 spiro atoms. The zero-order valence-electron chi connectivity index (χ0n) is 8.72. The number of hydrogen-bond acceptors (Lipinski definition) is 1. The summed E-state index contributed by atoms with van der Waals surface area (Å²) in [7, 11) is 0. The summed E-state index contributed by atoms with van der Waals surface area (Å²) in [5.74, 6) is 0.809. The van der Waals surface area contributed by atoms with Gasteiger partial charge in [0.25, 0.3) is 0 Å². The summed E-state index contributed by atoms with van der Waals surface area (Å²) in [5, 5.41) is 3.49. The molecule has 0 aromatic carbocycles. The van der Waals surface area contributed by atoms with Gasteiger partial charge in [0.1, 0.15) is 0 Å². The molecule has 1 heteroatoms. The first-order valence-corrected chi connectivity index (χ1v) is 4.92. The molecule has 1 fully saturated rings. The second-order valence-electron chi connectivity index (χ2n) is 4.97. The molecule has 1 aliphatic heterocycles. The molecule has 0 saturated carbocycles. The Hall–Kier alpha value is -0.300. The predicted molar refractivity (Wildman–Crippen MR) is 54.2 cm³/mol. The van der Waals surface area contributed by atoms with Gasteiger partial charge in [0.15, 0.2) is 0 Å². The smallest absolute Gasteiger partial charge is 0.0276 e. The van der Waals surface area contributed by atoms with Crippen LogP contribution in [-0.4, -0.2) is 12.6 Å². The quantitative estimate of drug-likeness (QED) is 0.592. The van der Waals surface area contributed by atoms with Crippen LogP contribution in [0.15, 0.2) is 12.2 Å². The minimum absolute atomic E-state index is 0.323. The van der Waals surface area contributed by atoms with Crippen molar-refractivity contribution in [1.29, 1.82) is 0 Å². The van der Waals surface area contributed by atoms with Crippen LogP contribution in [0.5, 0.6) is 0 Å². The van der Waals surface area contributed by atoms with Crippen molar-refractivity contribution in [1.82, 2.24) is 5.32 Å². The van der Waals surface area contributed by atoms with E-state index < -0.39 is 0 Å². The molecule has 0 bridgehead atoms. The van der Waals surface area contributed by atoms with E-state index in [0.29, 0.717) is 11.5 Å². The first kappa shape index (κ1) is 9.79. The van der Waals surface area contributed by atoms with E-state index in [4.69, 9.17) is 0 Å². The van der Waals surface area contributed by atoms with Crippen LogP contribution in [0, 0.1) is 11.3 Å². The molecule has 2 unspecified atom stereocenters. The number of rotatable bonds is 1. The maximum Gasteiger partial charge on any atom is 0.0276 e. The zero-order valence-corrected chi connectivity index (χ0v) is 8.72. The van der Waals surface area contributed by atoms with E-state index in [0.717, 1.165) is 5.92 Å². The predicted octanol–water partition coefficient (Wildman–Crippen LogP) is 2.59. The Morgan fingerprint density at radius 1 is 1.33 bits per heavy atom. The van der Waals surface area contributed by atoms with E-state index in [1.54, 1.807) is 0 Å². The normalized spacial score (nSPS) is 31.7. The van der Waals surface area contributed by atoms with Gasteiger partial charge >= 0.3 is 0 Å². The third-order valence-corrected chi connectivity index (χ3v) is 2.40. The summed E-state index contributed by atoms with van der Waals surface area (Å²) in [6, 6.07) is 0.615. The highest BCUT2D eigenvalue weighted by Crippen LogP contribution is 2.19. The molecule has 1 saturated heterocycles. The first-order chi connectivity index (χ1) is 5.49. The SMILES string of the molecule is CC1CCNC1/C=C/C(C)(C)C. The second-order valence-corrected chi connectivity index (χ2v) is 4.97. The maximum atomic E-state index is 3.49. The average Bonchev–Trinajstić information content (AvgIpc) is 2.29. The van der Waals surface area contributed by atoms with Crippen LogP contribution in [0.2, 0.25) is 0 Å². The highest BCUT2D eigenvalue weighted by Gasteiger charge is 2.20. The highest BCUT2D eigenvalue weighted by atomic mass is 14.9. The van der Waals surface area contributed by atoms with E-state index in [1.807, 2.05) is 0 Å². The van der Waals surface area contributed by atoms with Crippen molar-refractivity contribution in [2.24, 2.45) is 11.3 Å². The molecule has 0 aromatic rings. The third kappa shape index (κ3) is 2.98. The molecule has 70 valence electrons. The molecule has 0 aromatic heterocycles. The molecule has 1 heterocycles. The van der Waals surface area contributed by atoms with Crippen molar-refractivity contribution in [3.63, 3.8) is 0 Å². The Labute approximate surface area is 76.2 Å². The lowest BCUT2D eigenvalue weighted by atomic mass is 9.93. The van der Waals surface area contributed by atoms with Crippen LogP contribution < -0.4 is 5.32 Å². The van der Waals surface area contributed by atoms with E-state index in [1.165, 1.54) is 13.0 Å². The Kier molecular flexibility index (Phi) is 2.94. The molecule has 0 radical (unpaired) electrons. The van der Waals surface area contributed by atoms with Gasteiger partial charge in [0.2, 0.25) is 0 Å². The summed E-state index contributed by atoms with van der Waals surface area (Å²) in [6.45, 7) is 10.2. The van der Waals surface area contributed by atoms with Crippen LogP contribution in [0.1, 0.15) is 34.1 Å². The van der Waals surface area contributed by atoms with Gasteiger partial charge in [-0.2, -0.15) is 0 Å². The van der Waals surface area contributed by atoms with Crippen molar-refractivity contribution < 1.29 is 0 Å². The van der Waals surface area contributed by atoms with Gasteiger partial charge in [-0.1, -0.05) is 39.8 Å². The summed E-state index contributed by atoms with van der Waals surface area (Å²) in [4.78, 5) is 0. The Balaban J connectivity index is 2.45. The standard InChI is InChI=1S/C11H21N/c1-9-6-8-12-10(9)5-7-11(2,3)4/h5,7,9-10,12H,6,8H2,1-4H3/b7-5+. The Morgan fingerprint density at radius 3 is 2.42 bits per heavy atom. The topological polar surface area (TPSA) is 12.0 Å². The molecule has 1 rings (SSSR count). The van der Waals surface area contributed by atoms with Crippen molar-refractivity contribution in [2.45, 2.75) is 40.2 Å². The van der Waals surface area contributed by atoms with Crippen LogP contribution in [0.4, 0.5) is 0 Å². The Bertz CT molecular complexity index is 164. The van der Waals surface area contributed by atoms with E-state index in [2.05, 4.69) is 45.2 Å². The van der Waals surface area contributed by atoms with Gasteiger partial charge in [-0.3, -0.25) is 0 Å². The minimum Gasteiger partial charge on any atom is -0.310 e. The van der Waals surface area contributed by atoms with Crippen molar-refractivity contribution in [2.75, 3.05) is 6.54 Å². The van der Waals surface area contributed by atoms with Gasteiger partial charge in [-0.15, -0.1) is 0 Å². The van der Waals surface area contributed by atoms with Gasteiger partial charge in [-0.05, 0) is 24.3 Å². The van der Waals surface area contributed by atoms with Gasteiger partial charge < -0.3 is 5.32 Å². The molecule has 2 atom stereocenters. The Morgan fingerprint density at radius 2 is 2.00 bits per heavy atom. The molecular formula is C11H21N. The lowest BCUT2D eigenvalue weighted by Crippen LogP contribution is -2.23. The second kappa shape index (κ2) is 3.61. The zero-order chi connectivity index (χ0) is 9.19. The van der Waals surface area contributed by atoms with Crippen LogP contribution in [0.3, 0.4) is 0 Å². The largest absolute Gasteiger partial charge is 0.310 e. The monoisotopic (exact) mass is 167 g/mol. The number of nitrogens with one attached hydrogen (secondary N) is 1. The van der Waals surface area contributed by atoms with Gasteiger partial charge in [0, 0.05) is 6.04 Å². The third-order valence-electron chi connectivity index (χ3n) is 2.40. The van der Waals surface area contributed by atoms with Crippen LogP contribution >= 0.6 is 0 Å². The molecule has 12 heavy (non-hydrogen) atoms. The summed E-state index contributed by atoms with van der Waals surface area (Å²) in [6.07, 6.45) is 5.96. The van der Waals surface area contributed by atoms with E-state index in [9.17, 15) is 0 Å². The van der Waals surface area contributed by atoms with E-state index >= 15 is 0 Å². The lowest BCUT2D eigenvalue weighted by Gasteiger charge is -2.15. The molecule has 1 nitrogen and oxygen atoms in total. The van der Waals surface area contributed by atoms with Gasteiger partial charge in [-0.25, -0.2) is 0 Å². The molecule has 1 aliphatic rings. The highest BCUT2D eigenvalue weighted by molar-refractivity contribution is 5.02. The van der Waals surface area contributed by atoms with Crippen LogP contribution in [0.25, 0.3) is 0 Å². The van der Waals surface area contributed by atoms with Crippen molar-refractivity contribution in [3.05, 3.63) is 12.2 Å². The molecule has 1 N–H and O–H groups in total. The maximum absolute atomic E-state index is 3.49. The fourth-order valence-corrected chi connectivity index (χ4v) is 1.51. The first-order valence-electron chi connectivity index (χ1n) is 4.92. The fraction of sp³-hybridized carbons (Fsp3) is 0.818. The number of hydrogen-bond donors (Lipinski definition) is 1. The molecule has 0 amide bonds. The lowest BCUT2D eigenvalue weighted by molar-refractivity contribution is 0.521. The van der Waals surface area contributed by atoms with Crippen molar-refractivity contribution >= 4 is 0 Å². The van der Waals surface area contributed by atoms with E-state index in [-0.39, 0.29) is 0 Å². The van der Waals surface area contributed by atoms with Gasteiger partial charge in [0.05, 0.1) is 0 Å². The average molecular weight is 167 g/mol. The number of allylic oxidation sites excluding steroid dienone is 1. The summed E-state index contributed by atoms with van der Waals surface area (Å²) >= 11 is 0.